The molecule has 0 amide bonds. The molecule has 0 saturated heterocycles. The summed E-state index contributed by atoms with van der Waals surface area (Å²) in [7, 11) is 1.66. The summed E-state index contributed by atoms with van der Waals surface area (Å²) < 4.78 is 12.4. The zero-order valence-electron chi connectivity index (χ0n) is 15.9. The lowest BCUT2D eigenvalue weighted by Gasteiger charge is -2.17. The van der Waals surface area contributed by atoms with Gasteiger partial charge in [0.15, 0.2) is 11.5 Å². The van der Waals surface area contributed by atoms with Crippen molar-refractivity contribution in [3.8, 4) is 11.5 Å². The zero-order valence-corrected chi connectivity index (χ0v) is 18.3. The predicted molar refractivity (Wildman–Crippen MR) is 118 cm³/mol. The molecule has 2 aromatic carbocycles. The van der Waals surface area contributed by atoms with Crippen LogP contribution in [0.25, 0.3) is 0 Å². The van der Waals surface area contributed by atoms with Crippen molar-refractivity contribution in [1.29, 1.82) is 0 Å². The monoisotopic (exact) mass is 462 g/mol. The molecule has 0 radical (unpaired) electrons. The fourth-order valence-corrected chi connectivity index (χ4v) is 3.36. The third-order valence-electron chi connectivity index (χ3n) is 4.26. The fraction of sp³-hybridized carbons (Fsp3) is 0.227. The standard InChI is InChI=1S/C22H23BrN2O2.ClH/c1-16(20-10-6-7-11-24-20)25-14-18-12-19(23)22(21(13-18)26-2)27-15-17-8-4-3-5-9-17;/h3-13,16,25H,14-15H2,1-2H3;1H. The van der Waals surface area contributed by atoms with E-state index in [-0.39, 0.29) is 18.4 Å². The number of rotatable bonds is 8. The van der Waals surface area contributed by atoms with Crippen molar-refractivity contribution in [2.24, 2.45) is 0 Å². The highest BCUT2D eigenvalue weighted by atomic mass is 79.9. The summed E-state index contributed by atoms with van der Waals surface area (Å²) in [5.74, 6) is 1.42. The molecule has 1 atom stereocenters. The van der Waals surface area contributed by atoms with Gasteiger partial charge < -0.3 is 14.8 Å². The SMILES string of the molecule is COc1cc(CNC(C)c2ccccn2)cc(Br)c1OCc1ccccc1.Cl. The van der Waals surface area contributed by atoms with E-state index >= 15 is 0 Å². The van der Waals surface area contributed by atoms with Crippen LogP contribution in [0.3, 0.4) is 0 Å². The summed E-state index contributed by atoms with van der Waals surface area (Å²) in [4.78, 5) is 4.39. The van der Waals surface area contributed by atoms with Crippen LogP contribution >= 0.6 is 28.3 Å². The molecule has 148 valence electrons. The number of pyridine rings is 1. The third-order valence-corrected chi connectivity index (χ3v) is 4.85. The Morgan fingerprint density at radius 3 is 2.46 bits per heavy atom. The van der Waals surface area contributed by atoms with E-state index in [1.807, 2.05) is 60.8 Å². The van der Waals surface area contributed by atoms with Crippen LogP contribution in [0.1, 0.15) is 29.8 Å². The number of hydrogen-bond donors (Lipinski definition) is 1. The summed E-state index contributed by atoms with van der Waals surface area (Å²) >= 11 is 3.62. The number of halogens is 2. The van der Waals surface area contributed by atoms with Gasteiger partial charge in [-0.3, -0.25) is 4.98 Å². The molecule has 0 spiro atoms. The fourth-order valence-electron chi connectivity index (χ4n) is 2.75. The van der Waals surface area contributed by atoms with E-state index < -0.39 is 0 Å². The van der Waals surface area contributed by atoms with Crippen molar-refractivity contribution >= 4 is 28.3 Å². The maximum absolute atomic E-state index is 5.99. The molecule has 0 saturated carbocycles. The Morgan fingerprint density at radius 1 is 1.04 bits per heavy atom. The molecule has 4 nitrogen and oxygen atoms in total. The maximum Gasteiger partial charge on any atom is 0.175 e. The van der Waals surface area contributed by atoms with E-state index in [4.69, 9.17) is 9.47 Å². The number of methoxy groups -OCH3 is 1. The normalized spacial score (nSPS) is 11.4. The molecular formula is C22H24BrClN2O2. The highest BCUT2D eigenvalue weighted by Gasteiger charge is 2.13. The van der Waals surface area contributed by atoms with Crippen LogP contribution in [-0.2, 0) is 13.2 Å². The Labute approximate surface area is 180 Å². The largest absolute Gasteiger partial charge is 0.493 e. The van der Waals surface area contributed by atoms with Crippen LogP contribution in [0.5, 0.6) is 11.5 Å². The topological polar surface area (TPSA) is 43.4 Å². The second kappa shape index (κ2) is 11.1. The third kappa shape index (κ3) is 5.96. The Balaban J connectivity index is 0.00000280. The highest BCUT2D eigenvalue weighted by Crippen LogP contribution is 2.37. The molecule has 0 aliphatic heterocycles. The van der Waals surface area contributed by atoms with Crippen molar-refractivity contribution in [2.75, 3.05) is 7.11 Å². The quantitative estimate of drug-likeness (QED) is 0.465. The second-order valence-electron chi connectivity index (χ2n) is 6.24. The summed E-state index contributed by atoms with van der Waals surface area (Å²) in [5.41, 5.74) is 3.24. The molecular weight excluding hydrogens is 440 g/mol. The average molecular weight is 464 g/mol. The molecule has 0 aliphatic carbocycles. The van der Waals surface area contributed by atoms with Crippen LogP contribution in [0.2, 0.25) is 0 Å². The van der Waals surface area contributed by atoms with Crippen LogP contribution in [0.4, 0.5) is 0 Å². The Bertz CT molecular complexity index is 863. The molecule has 0 bridgehead atoms. The molecule has 0 aliphatic rings. The van der Waals surface area contributed by atoms with Crippen LogP contribution in [0, 0.1) is 0 Å². The molecule has 28 heavy (non-hydrogen) atoms. The van der Waals surface area contributed by atoms with E-state index in [1.54, 1.807) is 7.11 Å². The van der Waals surface area contributed by atoms with Gasteiger partial charge in [-0.05, 0) is 58.2 Å². The molecule has 3 aromatic rings. The first-order valence-corrected chi connectivity index (χ1v) is 9.64. The lowest BCUT2D eigenvalue weighted by Crippen LogP contribution is -2.19. The summed E-state index contributed by atoms with van der Waals surface area (Å²) in [6, 6.07) is 20.2. The second-order valence-corrected chi connectivity index (χ2v) is 7.09. The van der Waals surface area contributed by atoms with Crippen LogP contribution in [0.15, 0.2) is 71.3 Å². The number of aromatic nitrogens is 1. The van der Waals surface area contributed by atoms with Crippen molar-refractivity contribution in [1.82, 2.24) is 10.3 Å². The van der Waals surface area contributed by atoms with E-state index in [9.17, 15) is 0 Å². The van der Waals surface area contributed by atoms with Crippen molar-refractivity contribution in [3.63, 3.8) is 0 Å². The van der Waals surface area contributed by atoms with E-state index in [2.05, 4.69) is 39.2 Å². The number of ether oxygens (including phenoxy) is 2. The number of nitrogens with one attached hydrogen (secondary N) is 1. The first kappa shape index (κ1) is 22.2. The smallest absolute Gasteiger partial charge is 0.175 e. The molecule has 1 heterocycles. The first-order chi connectivity index (χ1) is 13.2. The number of hydrogen-bond acceptors (Lipinski definition) is 4. The van der Waals surface area contributed by atoms with Gasteiger partial charge in [-0.15, -0.1) is 12.4 Å². The van der Waals surface area contributed by atoms with Gasteiger partial charge >= 0.3 is 0 Å². The molecule has 0 fully saturated rings. The molecule has 3 rings (SSSR count). The molecule has 1 aromatic heterocycles. The summed E-state index contributed by atoms with van der Waals surface area (Å²) in [5, 5.41) is 3.49. The van der Waals surface area contributed by atoms with Crippen molar-refractivity contribution in [2.45, 2.75) is 26.1 Å². The molecule has 6 heteroatoms. The van der Waals surface area contributed by atoms with Crippen molar-refractivity contribution in [3.05, 3.63) is 88.2 Å². The number of nitrogens with zero attached hydrogens (tertiary/aromatic N) is 1. The van der Waals surface area contributed by atoms with E-state index in [0.717, 1.165) is 21.3 Å². The van der Waals surface area contributed by atoms with Gasteiger partial charge in [0.2, 0.25) is 0 Å². The maximum atomic E-state index is 5.99. The lowest BCUT2D eigenvalue weighted by atomic mass is 10.1. The highest BCUT2D eigenvalue weighted by molar-refractivity contribution is 9.10. The minimum absolute atomic E-state index is 0. The van der Waals surface area contributed by atoms with E-state index in [1.165, 1.54) is 0 Å². The van der Waals surface area contributed by atoms with Gasteiger partial charge in [0.05, 0.1) is 17.3 Å². The lowest BCUT2D eigenvalue weighted by molar-refractivity contribution is 0.282. The van der Waals surface area contributed by atoms with Gasteiger partial charge in [-0.2, -0.15) is 0 Å². The van der Waals surface area contributed by atoms with Crippen LogP contribution in [-0.4, -0.2) is 12.1 Å². The number of benzene rings is 2. The van der Waals surface area contributed by atoms with Crippen LogP contribution < -0.4 is 14.8 Å². The Hall–Kier alpha value is -2.08. The Kier molecular flexibility index (Phi) is 8.77. The minimum atomic E-state index is 0. The molecule has 1 unspecified atom stereocenters. The van der Waals surface area contributed by atoms with Gasteiger partial charge in [0.25, 0.3) is 0 Å². The summed E-state index contributed by atoms with van der Waals surface area (Å²) in [6.07, 6.45) is 1.81. The average Bonchev–Trinajstić information content (AvgIpc) is 2.72. The van der Waals surface area contributed by atoms with Crippen molar-refractivity contribution < 1.29 is 9.47 Å². The van der Waals surface area contributed by atoms with Gasteiger partial charge in [0, 0.05) is 18.8 Å². The minimum Gasteiger partial charge on any atom is -0.493 e. The molecule has 1 N–H and O–H groups in total. The van der Waals surface area contributed by atoms with Gasteiger partial charge in [0.1, 0.15) is 6.61 Å². The predicted octanol–water partition coefficient (Wildman–Crippen LogP) is 5.70. The van der Waals surface area contributed by atoms with Gasteiger partial charge in [-0.1, -0.05) is 36.4 Å². The van der Waals surface area contributed by atoms with Gasteiger partial charge in [-0.25, -0.2) is 0 Å². The Morgan fingerprint density at radius 2 is 1.79 bits per heavy atom. The first-order valence-electron chi connectivity index (χ1n) is 8.85. The zero-order chi connectivity index (χ0) is 19.1. The van der Waals surface area contributed by atoms with E-state index in [0.29, 0.717) is 24.7 Å². The summed E-state index contributed by atoms with van der Waals surface area (Å²) in [6.45, 7) is 3.29.